The summed E-state index contributed by atoms with van der Waals surface area (Å²) in [6, 6.07) is 2.22. The zero-order chi connectivity index (χ0) is 9.14. The highest BCUT2D eigenvalue weighted by molar-refractivity contribution is 5.77. The summed E-state index contributed by atoms with van der Waals surface area (Å²) in [5.74, 6) is 0.178. The molecule has 12 heavy (non-hydrogen) atoms. The first-order valence-corrected chi connectivity index (χ1v) is 4.13. The summed E-state index contributed by atoms with van der Waals surface area (Å²) in [6.07, 6.45) is 2.22. The van der Waals surface area contributed by atoms with Crippen LogP contribution in [0.1, 0.15) is 32.5 Å². The van der Waals surface area contributed by atoms with Crippen molar-refractivity contribution in [2.24, 2.45) is 0 Å². The molecule has 0 spiro atoms. The molecule has 0 N–H and O–H groups in total. The predicted octanol–water partition coefficient (Wildman–Crippen LogP) is 1.60. The Morgan fingerprint density at radius 1 is 1.67 bits per heavy atom. The second-order valence-electron chi connectivity index (χ2n) is 3.24. The maximum absolute atomic E-state index is 10.8. The Morgan fingerprint density at radius 2 is 2.33 bits per heavy atom. The minimum Gasteiger partial charge on any atom is -0.300 e. The molecule has 0 aliphatic rings. The van der Waals surface area contributed by atoms with Crippen molar-refractivity contribution in [3.05, 3.63) is 18.0 Å². The van der Waals surface area contributed by atoms with Gasteiger partial charge in [0.05, 0.1) is 0 Å². The fourth-order valence-corrected chi connectivity index (χ4v) is 1.20. The summed E-state index contributed by atoms with van der Waals surface area (Å²) in [7, 11) is 0. The zero-order valence-corrected chi connectivity index (χ0v) is 7.74. The average molecular weight is 166 g/mol. The molecule has 0 aliphatic carbocycles. The number of hydrogen-bond acceptors (Lipinski definition) is 2. The van der Waals surface area contributed by atoms with Crippen molar-refractivity contribution in [2.75, 3.05) is 0 Å². The molecule has 0 unspecified atom stereocenters. The van der Waals surface area contributed by atoms with E-state index in [1.807, 2.05) is 10.7 Å². The van der Waals surface area contributed by atoms with E-state index in [1.165, 1.54) is 0 Å². The van der Waals surface area contributed by atoms with E-state index in [4.69, 9.17) is 0 Å². The normalized spacial score (nSPS) is 10.7. The van der Waals surface area contributed by atoms with Crippen LogP contribution in [0.25, 0.3) is 0 Å². The van der Waals surface area contributed by atoms with Crippen molar-refractivity contribution in [2.45, 2.75) is 33.2 Å². The fraction of sp³-hybridized carbons (Fsp3) is 0.556. The van der Waals surface area contributed by atoms with Crippen LogP contribution in [0.3, 0.4) is 0 Å². The number of nitrogens with zero attached hydrogens (tertiary/aromatic N) is 2. The molecule has 1 aromatic rings. The average Bonchev–Trinajstić information content (AvgIpc) is 2.33. The molecule has 0 aromatic carbocycles. The Kier molecular flexibility index (Phi) is 2.63. The Balaban J connectivity index is 2.84. The maximum atomic E-state index is 10.8. The van der Waals surface area contributed by atoms with Gasteiger partial charge in [0, 0.05) is 24.4 Å². The molecule has 0 saturated carbocycles. The molecule has 0 radical (unpaired) electrons. The van der Waals surface area contributed by atoms with E-state index in [9.17, 15) is 4.79 Å². The SMILES string of the molecule is CC(=O)Cc1ccnn1C(C)C. The summed E-state index contributed by atoms with van der Waals surface area (Å²) in [4.78, 5) is 10.8. The molecule has 3 nitrogen and oxygen atoms in total. The van der Waals surface area contributed by atoms with Crippen molar-refractivity contribution in [1.82, 2.24) is 9.78 Å². The van der Waals surface area contributed by atoms with Crippen molar-refractivity contribution >= 4 is 5.78 Å². The Bertz CT molecular complexity index is 276. The minimum atomic E-state index is 0.178. The maximum Gasteiger partial charge on any atom is 0.135 e. The first kappa shape index (κ1) is 8.97. The van der Waals surface area contributed by atoms with Gasteiger partial charge in [0.1, 0.15) is 5.78 Å². The van der Waals surface area contributed by atoms with Crippen molar-refractivity contribution in [3.8, 4) is 0 Å². The summed E-state index contributed by atoms with van der Waals surface area (Å²) in [5, 5.41) is 4.13. The first-order chi connectivity index (χ1) is 5.61. The number of ketones is 1. The number of aromatic nitrogens is 2. The molecule has 0 saturated heterocycles. The van der Waals surface area contributed by atoms with E-state index in [-0.39, 0.29) is 5.78 Å². The summed E-state index contributed by atoms with van der Waals surface area (Å²) < 4.78 is 1.88. The predicted molar refractivity (Wildman–Crippen MR) is 47.0 cm³/mol. The molecule has 0 aliphatic heterocycles. The highest BCUT2D eigenvalue weighted by Crippen LogP contribution is 2.08. The van der Waals surface area contributed by atoms with Gasteiger partial charge in [0.2, 0.25) is 0 Å². The summed E-state index contributed by atoms with van der Waals surface area (Å²) in [5.41, 5.74) is 0.998. The molecule has 66 valence electrons. The number of carbonyl (C=O) groups is 1. The smallest absolute Gasteiger partial charge is 0.135 e. The summed E-state index contributed by atoms with van der Waals surface area (Å²) in [6.45, 7) is 5.70. The van der Waals surface area contributed by atoms with E-state index < -0.39 is 0 Å². The van der Waals surface area contributed by atoms with Crippen molar-refractivity contribution < 1.29 is 4.79 Å². The third kappa shape index (κ3) is 1.94. The zero-order valence-electron chi connectivity index (χ0n) is 7.74. The van der Waals surface area contributed by atoms with Crippen LogP contribution in [0.15, 0.2) is 12.3 Å². The Morgan fingerprint density at radius 3 is 2.83 bits per heavy atom. The number of rotatable bonds is 3. The van der Waals surface area contributed by atoms with Crippen LogP contribution in [0.2, 0.25) is 0 Å². The molecule has 1 heterocycles. The summed E-state index contributed by atoms with van der Waals surface area (Å²) >= 11 is 0. The molecule has 0 bridgehead atoms. The Hall–Kier alpha value is -1.12. The lowest BCUT2D eigenvalue weighted by molar-refractivity contribution is -0.116. The quantitative estimate of drug-likeness (QED) is 0.683. The van der Waals surface area contributed by atoms with E-state index in [1.54, 1.807) is 13.1 Å². The van der Waals surface area contributed by atoms with Crippen LogP contribution < -0.4 is 0 Å². The molecular formula is C9H14N2O. The van der Waals surface area contributed by atoms with Gasteiger partial charge in [-0.15, -0.1) is 0 Å². The van der Waals surface area contributed by atoms with Crippen LogP contribution >= 0.6 is 0 Å². The van der Waals surface area contributed by atoms with Gasteiger partial charge in [-0.1, -0.05) is 0 Å². The monoisotopic (exact) mass is 166 g/mol. The first-order valence-electron chi connectivity index (χ1n) is 4.13. The molecule has 0 atom stereocenters. The third-order valence-electron chi connectivity index (χ3n) is 1.67. The van der Waals surface area contributed by atoms with Crippen LogP contribution in [0.5, 0.6) is 0 Å². The van der Waals surface area contributed by atoms with Crippen molar-refractivity contribution in [1.29, 1.82) is 0 Å². The van der Waals surface area contributed by atoms with Gasteiger partial charge < -0.3 is 0 Å². The second kappa shape index (κ2) is 3.52. The van der Waals surface area contributed by atoms with Crippen LogP contribution in [-0.2, 0) is 11.2 Å². The lowest BCUT2D eigenvalue weighted by atomic mass is 10.2. The molecule has 1 rings (SSSR count). The lowest BCUT2D eigenvalue weighted by Crippen LogP contribution is -2.10. The molecule has 3 heteroatoms. The van der Waals surface area contributed by atoms with Crippen molar-refractivity contribution in [3.63, 3.8) is 0 Å². The number of Topliss-reactive ketones (excluding diaryl/α,β-unsaturated/α-hetero) is 1. The largest absolute Gasteiger partial charge is 0.300 e. The topological polar surface area (TPSA) is 34.9 Å². The van der Waals surface area contributed by atoms with Gasteiger partial charge in [0.25, 0.3) is 0 Å². The third-order valence-corrected chi connectivity index (χ3v) is 1.67. The Labute approximate surface area is 72.4 Å². The highest BCUT2D eigenvalue weighted by Gasteiger charge is 2.06. The van der Waals surface area contributed by atoms with Gasteiger partial charge in [-0.25, -0.2) is 0 Å². The fourth-order valence-electron chi connectivity index (χ4n) is 1.20. The van der Waals surface area contributed by atoms with E-state index in [2.05, 4.69) is 18.9 Å². The second-order valence-corrected chi connectivity index (χ2v) is 3.24. The van der Waals surface area contributed by atoms with Gasteiger partial charge in [-0.2, -0.15) is 5.10 Å². The number of hydrogen-bond donors (Lipinski definition) is 0. The molecular weight excluding hydrogens is 152 g/mol. The van der Waals surface area contributed by atoms with Crippen LogP contribution in [-0.4, -0.2) is 15.6 Å². The van der Waals surface area contributed by atoms with Gasteiger partial charge in [0.15, 0.2) is 0 Å². The van der Waals surface area contributed by atoms with E-state index >= 15 is 0 Å². The standard InChI is InChI=1S/C9H14N2O/c1-7(2)11-9(4-5-10-11)6-8(3)12/h4-5,7H,6H2,1-3H3. The van der Waals surface area contributed by atoms with E-state index in [0.717, 1.165) is 5.69 Å². The van der Waals surface area contributed by atoms with Crippen LogP contribution in [0.4, 0.5) is 0 Å². The van der Waals surface area contributed by atoms with Gasteiger partial charge >= 0.3 is 0 Å². The molecule has 1 aromatic heterocycles. The number of carbonyl (C=O) groups excluding carboxylic acids is 1. The highest BCUT2D eigenvalue weighted by atomic mass is 16.1. The molecule has 0 amide bonds. The lowest BCUT2D eigenvalue weighted by Gasteiger charge is -2.09. The minimum absolute atomic E-state index is 0.178. The van der Waals surface area contributed by atoms with Crippen LogP contribution in [0, 0.1) is 0 Å². The van der Waals surface area contributed by atoms with Gasteiger partial charge in [-0.05, 0) is 26.8 Å². The molecule has 0 fully saturated rings. The van der Waals surface area contributed by atoms with Gasteiger partial charge in [-0.3, -0.25) is 9.48 Å². The van der Waals surface area contributed by atoms with E-state index in [0.29, 0.717) is 12.5 Å².